The molecule has 0 aliphatic heterocycles. The molecule has 2 aliphatic carbocycles. The molecule has 0 bridgehead atoms. The molecule has 6 rings (SSSR count). The van der Waals surface area contributed by atoms with E-state index in [0.717, 1.165) is 66.4 Å². The maximum absolute atomic E-state index is 12.9. The molecule has 3 amide bonds. The number of aryl methyl sites for hydroxylation is 2. The Balaban J connectivity index is 1.06. The highest BCUT2D eigenvalue weighted by atomic mass is 32.2. The molecule has 2 aromatic heterocycles. The van der Waals surface area contributed by atoms with Crippen molar-refractivity contribution in [1.82, 2.24) is 19.7 Å². The first-order chi connectivity index (χ1) is 18.9. The first-order valence-electron chi connectivity index (χ1n) is 13.2. The molecule has 2 aliphatic rings. The number of hydrogen-bond donors (Lipinski definition) is 3. The zero-order chi connectivity index (χ0) is 27.0. The number of carbonyl (C=O) groups is 2. The molecule has 2 heterocycles. The minimum absolute atomic E-state index is 0.000287. The summed E-state index contributed by atoms with van der Waals surface area (Å²) in [7, 11) is -4.05. The van der Waals surface area contributed by atoms with Crippen molar-refractivity contribution in [3.05, 3.63) is 94.3 Å². The maximum Gasteiger partial charge on any atom is 0.333 e. The largest absolute Gasteiger partial charge is 0.352 e. The van der Waals surface area contributed by atoms with E-state index in [2.05, 4.69) is 26.5 Å². The summed E-state index contributed by atoms with van der Waals surface area (Å²) >= 11 is 0. The summed E-state index contributed by atoms with van der Waals surface area (Å²) in [6, 6.07) is 13.3. The third kappa shape index (κ3) is 4.99. The Labute approximate surface area is 226 Å². The molecule has 0 fully saturated rings. The summed E-state index contributed by atoms with van der Waals surface area (Å²) in [5, 5.41) is 9.92. The number of carbonyl (C=O) groups excluding carboxylic acids is 2. The van der Waals surface area contributed by atoms with Crippen LogP contribution in [-0.2, 0) is 42.1 Å². The number of pyridine rings is 1. The van der Waals surface area contributed by atoms with Crippen molar-refractivity contribution in [3.63, 3.8) is 0 Å². The number of amides is 3. The molecule has 0 saturated heterocycles. The van der Waals surface area contributed by atoms with E-state index >= 15 is 0 Å². The predicted octanol–water partition coefficient (Wildman–Crippen LogP) is 3.79. The Morgan fingerprint density at radius 3 is 2.36 bits per heavy atom. The van der Waals surface area contributed by atoms with Crippen LogP contribution in [0, 0.1) is 0 Å². The Morgan fingerprint density at radius 2 is 1.64 bits per heavy atom. The van der Waals surface area contributed by atoms with Gasteiger partial charge >= 0.3 is 6.03 Å². The fraction of sp³-hybridized carbons (Fsp3) is 0.276. The van der Waals surface area contributed by atoms with Gasteiger partial charge in [-0.2, -0.15) is 5.10 Å². The smallest absolute Gasteiger partial charge is 0.333 e. The van der Waals surface area contributed by atoms with E-state index in [0.29, 0.717) is 18.5 Å². The summed E-state index contributed by atoms with van der Waals surface area (Å²) in [6.07, 6.45) is 9.70. The second-order valence-electron chi connectivity index (χ2n) is 10.0. The van der Waals surface area contributed by atoms with Gasteiger partial charge in [-0.25, -0.2) is 22.4 Å². The second kappa shape index (κ2) is 10.2. The van der Waals surface area contributed by atoms with Crippen molar-refractivity contribution >= 4 is 33.2 Å². The summed E-state index contributed by atoms with van der Waals surface area (Å²) in [5.41, 5.74) is 7.68. The molecule has 9 nitrogen and oxygen atoms in total. The molecular formula is C29H29N5O4S. The molecule has 200 valence electrons. The van der Waals surface area contributed by atoms with E-state index in [4.69, 9.17) is 0 Å². The van der Waals surface area contributed by atoms with Gasteiger partial charge in [0.05, 0.1) is 22.2 Å². The standard InChI is InChI=1S/C29H29N5O4S/c35-28(25-18-31-34-16-2-1-9-26(25)34)30-15-14-19-10-12-22(13-11-19)39(37,38)33-29(36)32-27-23-7-3-5-20(23)17-21-6-4-8-24(21)27/h1-2,9-13,16-18H,3-8,14-15H2,(H,30,35)(H2,32,33,36). The first kappa shape index (κ1) is 25.1. The number of sulfonamides is 1. The van der Waals surface area contributed by atoms with Gasteiger partial charge in [-0.05, 0) is 97.0 Å². The molecule has 0 spiro atoms. The van der Waals surface area contributed by atoms with Crippen LogP contribution in [0.2, 0.25) is 0 Å². The van der Waals surface area contributed by atoms with Crippen LogP contribution in [0.25, 0.3) is 5.52 Å². The molecule has 0 radical (unpaired) electrons. The van der Waals surface area contributed by atoms with E-state index in [9.17, 15) is 18.0 Å². The van der Waals surface area contributed by atoms with Gasteiger partial charge in [-0.15, -0.1) is 0 Å². The number of anilines is 1. The fourth-order valence-electron chi connectivity index (χ4n) is 5.65. The van der Waals surface area contributed by atoms with Gasteiger partial charge < -0.3 is 10.6 Å². The van der Waals surface area contributed by atoms with Gasteiger partial charge in [0.1, 0.15) is 0 Å². The van der Waals surface area contributed by atoms with Gasteiger partial charge in [0, 0.05) is 18.4 Å². The molecule has 0 unspecified atom stereocenters. The fourth-order valence-corrected chi connectivity index (χ4v) is 6.55. The van der Waals surface area contributed by atoms with Crippen molar-refractivity contribution in [3.8, 4) is 0 Å². The minimum Gasteiger partial charge on any atom is -0.352 e. The van der Waals surface area contributed by atoms with E-state index in [1.807, 2.05) is 18.2 Å². The lowest BCUT2D eigenvalue weighted by molar-refractivity contribution is 0.0955. The van der Waals surface area contributed by atoms with Crippen LogP contribution in [0.4, 0.5) is 10.5 Å². The van der Waals surface area contributed by atoms with Crippen molar-refractivity contribution < 1.29 is 18.0 Å². The lowest BCUT2D eigenvalue weighted by Gasteiger charge is -2.16. The van der Waals surface area contributed by atoms with Crippen molar-refractivity contribution in [2.45, 2.75) is 49.8 Å². The highest BCUT2D eigenvalue weighted by Crippen LogP contribution is 2.38. The van der Waals surface area contributed by atoms with Gasteiger partial charge in [-0.3, -0.25) is 4.79 Å². The average molecular weight is 544 g/mol. The Bertz CT molecular complexity index is 1660. The molecule has 3 N–H and O–H groups in total. The van der Waals surface area contributed by atoms with Gasteiger partial charge in [-0.1, -0.05) is 24.3 Å². The van der Waals surface area contributed by atoms with Crippen LogP contribution in [0.3, 0.4) is 0 Å². The maximum atomic E-state index is 12.9. The quantitative estimate of drug-likeness (QED) is 0.327. The monoisotopic (exact) mass is 543 g/mol. The lowest BCUT2D eigenvalue weighted by atomic mass is 9.99. The second-order valence-corrected chi connectivity index (χ2v) is 11.7. The SMILES string of the molecule is O=C(Nc1c2c(cc3c1CCC3)CCC2)NS(=O)(=O)c1ccc(CCNC(=O)c2cnn3ccccc23)cc1. The Kier molecular flexibility index (Phi) is 6.56. The number of urea groups is 1. The van der Waals surface area contributed by atoms with Crippen LogP contribution < -0.4 is 15.4 Å². The zero-order valence-electron chi connectivity index (χ0n) is 21.4. The number of aromatic nitrogens is 2. The molecule has 0 atom stereocenters. The lowest BCUT2D eigenvalue weighted by Crippen LogP contribution is -2.35. The molecular weight excluding hydrogens is 514 g/mol. The average Bonchev–Trinajstić information content (AvgIpc) is 3.68. The number of rotatable bonds is 7. The summed E-state index contributed by atoms with van der Waals surface area (Å²) in [6.45, 7) is 0.376. The number of benzene rings is 2. The molecule has 2 aromatic carbocycles. The van der Waals surface area contributed by atoms with Crippen molar-refractivity contribution in [1.29, 1.82) is 0 Å². The first-order valence-corrected chi connectivity index (χ1v) is 14.7. The topological polar surface area (TPSA) is 122 Å². The summed E-state index contributed by atoms with van der Waals surface area (Å²) in [5.74, 6) is -0.222. The number of fused-ring (bicyclic) bond motifs is 3. The van der Waals surface area contributed by atoms with Crippen LogP contribution in [0.1, 0.15) is 51.0 Å². The van der Waals surface area contributed by atoms with Crippen molar-refractivity contribution in [2.24, 2.45) is 0 Å². The van der Waals surface area contributed by atoms with Gasteiger partial charge in [0.25, 0.3) is 15.9 Å². The number of nitrogens with zero attached hydrogens (tertiary/aromatic N) is 2. The predicted molar refractivity (Wildman–Crippen MR) is 148 cm³/mol. The van der Waals surface area contributed by atoms with E-state index in [-0.39, 0.29) is 10.8 Å². The summed E-state index contributed by atoms with van der Waals surface area (Å²) < 4.78 is 29.6. The van der Waals surface area contributed by atoms with Crippen LogP contribution in [-0.4, -0.2) is 36.5 Å². The third-order valence-electron chi connectivity index (χ3n) is 7.54. The Morgan fingerprint density at radius 1 is 0.923 bits per heavy atom. The Hall–Kier alpha value is -4.18. The molecule has 0 saturated carbocycles. The third-order valence-corrected chi connectivity index (χ3v) is 8.89. The molecule has 39 heavy (non-hydrogen) atoms. The highest BCUT2D eigenvalue weighted by molar-refractivity contribution is 7.90. The minimum atomic E-state index is -4.05. The normalized spacial score (nSPS) is 14.2. The van der Waals surface area contributed by atoms with E-state index < -0.39 is 16.1 Å². The molecule has 4 aromatic rings. The summed E-state index contributed by atoms with van der Waals surface area (Å²) in [4.78, 5) is 25.4. The zero-order valence-corrected chi connectivity index (χ0v) is 22.2. The number of hydrogen-bond acceptors (Lipinski definition) is 5. The van der Waals surface area contributed by atoms with E-state index in [1.165, 1.54) is 29.5 Å². The van der Waals surface area contributed by atoms with Gasteiger partial charge in [0.2, 0.25) is 0 Å². The molecule has 10 heteroatoms. The number of nitrogens with one attached hydrogen (secondary N) is 3. The highest BCUT2D eigenvalue weighted by Gasteiger charge is 2.26. The van der Waals surface area contributed by atoms with Crippen LogP contribution in [0.5, 0.6) is 0 Å². The van der Waals surface area contributed by atoms with Crippen LogP contribution in [0.15, 0.2) is 65.8 Å². The van der Waals surface area contributed by atoms with Crippen molar-refractivity contribution in [2.75, 3.05) is 11.9 Å². The van der Waals surface area contributed by atoms with E-state index in [1.54, 1.807) is 22.8 Å². The van der Waals surface area contributed by atoms with Gasteiger partial charge in [0.15, 0.2) is 0 Å². The van der Waals surface area contributed by atoms with Crippen LogP contribution >= 0.6 is 0 Å².